The number of hydrogen-bond acceptors (Lipinski definition) is 5. The van der Waals surface area contributed by atoms with Crippen LogP contribution in [0.4, 0.5) is 0 Å². The molecule has 19 heavy (non-hydrogen) atoms. The third-order valence-corrected chi connectivity index (χ3v) is 4.32. The van der Waals surface area contributed by atoms with E-state index in [4.69, 9.17) is 4.52 Å². The number of piperidine rings is 1. The zero-order valence-corrected chi connectivity index (χ0v) is 11.6. The predicted octanol–water partition coefficient (Wildman–Crippen LogP) is 1.01. The Bertz CT molecular complexity index is 413. The van der Waals surface area contributed by atoms with Crippen molar-refractivity contribution in [3.8, 4) is 0 Å². The molecule has 0 bridgehead atoms. The summed E-state index contributed by atoms with van der Waals surface area (Å²) in [4.78, 5) is 4.89. The second-order valence-corrected chi connectivity index (χ2v) is 5.88. The molecule has 106 valence electrons. The first-order valence-corrected chi connectivity index (χ1v) is 7.27. The Kier molecular flexibility index (Phi) is 3.86. The molecular weight excluding hydrogens is 242 g/mol. The molecule has 5 nitrogen and oxygen atoms in total. The first-order chi connectivity index (χ1) is 9.20. The van der Waals surface area contributed by atoms with Crippen molar-refractivity contribution in [1.82, 2.24) is 15.0 Å². The van der Waals surface area contributed by atoms with Gasteiger partial charge in [0.05, 0.1) is 18.3 Å². The summed E-state index contributed by atoms with van der Waals surface area (Å²) in [5.74, 6) is 0.965. The lowest BCUT2D eigenvalue weighted by Gasteiger charge is -2.36. The van der Waals surface area contributed by atoms with E-state index in [0.717, 1.165) is 50.6 Å². The van der Waals surface area contributed by atoms with Crippen molar-refractivity contribution < 1.29 is 9.63 Å². The number of hydrogen-bond donors (Lipinski definition) is 1. The van der Waals surface area contributed by atoms with Gasteiger partial charge in [-0.15, -0.1) is 0 Å². The largest absolute Gasteiger partial charge is 0.392 e. The Morgan fingerprint density at radius 2 is 2.11 bits per heavy atom. The van der Waals surface area contributed by atoms with Crippen molar-refractivity contribution in [1.29, 1.82) is 0 Å². The average molecular weight is 265 g/mol. The maximum absolute atomic E-state index is 9.61. The molecule has 2 saturated heterocycles. The highest BCUT2D eigenvalue weighted by atomic mass is 16.5. The lowest BCUT2D eigenvalue weighted by molar-refractivity contribution is 0.101. The summed E-state index contributed by atoms with van der Waals surface area (Å²) in [6.07, 6.45) is 3.23. The van der Waals surface area contributed by atoms with Crippen LogP contribution in [-0.4, -0.2) is 58.4 Å². The third-order valence-electron chi connectivity index (χ3n) is 4.32. The van der Waals surface area contributed by atoms with Gasteiger partial charge in [-0.05, 0) is 26.2 Å². The smallest absolute Gasteiger partial charge is 0.150 e. The molecule has 2 aliphatic heterocycles. The van der Waals surface area contributed by atoms with Crippen LogP contribution in [0, 0.1) is 6.92 Å². The van der Waals surface area contributed by atoms with Crippen LogP contribution in [0.1, 0.15) is 30.7 Å². The fraction of sp³-hybridized carbons (Fsp3) is 0.786. The average Bonchev–Trinajstić information content (AvgIpc) is 3.00. The molecule has 5 heteroatoms. The number of aliphatic hydroxyl groups excluding tert-OH is 1. The molecule has 1 aromatic rings. The SMILES string of the molecule is Cc1cc(CN2CCC(N3CCC(O)C3)CC2)on1. The molecule has 0 spiro atoms. The lowest BCUT2D eigenvalue weighted by atomic mass is 10.0. The Balaban J connectivity index is 1.47. The van der Waals surface area contributed by atoms with E-state index in [1.54, 1.807) is 0 Å². The fourth-order valence-corrected chi connectivity index (χ4v) is 3.25. The van der Waals surface area contributed by atoms with E-state index in [1.165, 1.54) is 12.8 Å². The van der Waals surface area contributed by atoms with Gasteiger partial charge in [0.2, 0.25) is 0 Å². The Hall–Kier alpha value is -0.910. The summed E-state index contributed by atoms with van der Waals surface area (Å²) in [5, 5.41) is 13.5. The van der Waals surface area contributed by atoms with Crippen LogP contribution >= 0.6 is 0 Å². The van der Waals surface area contributed by atoms with Crippen LogP contribution in [0.5, 0.6) is 0 Å². The molecule has 0 amide bonds. The van der Waals surface area contributed by atoms with E-state index in [9.17, 15) is 5.11 Å². The van der Waals surface area contributed by atoms with Gasteiger partial charge in [0.15, 0.2) is 5.76 Å². The van der Waals surface area contributed by atoms with Crippen molar-refractivity contribution in [2.45, 2.75) is 44.9 Å². The summed E-state index contributed by atoms with van der Waals surface area (Å²) in [6.45, 7) is 6.97. The number of aryl methyl sites for hydroxylation is 1. The summed E-state index contributed by atoms with van der Waals surface area (Å²) in [7, 11) is 0. The molecule has 2 fully saturated rings. The molecule has 1 N–H and O–H groups in total. The van der Waals surface area contributed by atoms with E-state index in [1.807, 2.05) is 13.0 Å². The van der Waals surface area contributed by atoms with Gasteiger partial charge in [-0.25, -0.2) is 0 Å². The van der Waals surface area contributed by atoms with Crippen LogP contribution in [0.3, 0.4) is 0 Å². The number of aromatic nitrogens is 1. The molecule has 1 unspecified atom stereocenters. The summed E-state index contributed by atoms with van der Waals surface area (Å²) < 4.78 is 5.27. The van der Waals surface area contributed by atoms with Crippen molar-refractivity contribution in [2.75, 3.05) is 26.2 Å². The minimum absolute atomic E-state index is 0.102. The molecule has 1 atom stereocenters. The zero-order valence-electron chi connectivity index (χ0n) is 11.6. The topological polar surface area (TPSA) is 52.7 Å². The second kappa shape index (κ2) is 5.61. The van der Waals surface area contributed by atoms with Gasteiger partial charge in [0, 0.05) is 38.3 Å². The first kappa shape index (κ1) is 13.1. The molecule has 3 rings (SSSR count). The first-order valence-electron chi connectivity index (χ1n) is 7.27. The molecule has 0 saturated carbocycles. The molecular formula is C14H23N3O2. The highest BCUT2D eigenvalue weighted by Gasteiger charge is 2.29. The van der Waals surface area contributed by atoms with Crippen molar-refractivity contribution >= 4 is 0 Å². The minimum Gasteiger partial charge on any atom is -0.392 e. The van der Waals surface area contributed by atoms with Crippen LogP contribution in [-0.2, 0) is 6.54 Å². The minimum atomic E-state index is -0.102. The Labute approximate surface area is 114 Å². The van der Waals surface area contributed by atoms with Crippen molar-refractivity contribution in [2.24, 2.45) is 0 Å². The van der Waals surface area contributed by atoms with Crippen LogP contribution < -0.4 is 0 Å². The molecule has 3 heterocycles. The van der Waals surface area contributed by atoms with Gasteiger partial charge in [0.25, 0.3) is 0 Å². The monoisotopic (exact) mass is 265 g/mol. The van der Waals surface area contributed by atoms with Crippen LogP contribution in [0.15, 0.2) is 10.6 Å². The Morgan fingerprint density at radius 3 is 2.68 bits per heavy atom. The Morgan fingerprint density at radius 1 is 1.32 bits per heavy atom. The summed E-state index contributed by atoms with van der Waals surface area (Å²) >= 11 is 0. The van der Waals surface area contributed by atoms with E-state index < -0.39 is 0 Å². The zero-order chi connectivity index (χ0) is 13.2. The summed E-state index contributed by atoms with van der Waals surface area (Å²) in [6, 6.07) is 2.67. The number of rotatable bonds is 3. The van der Waals surface area contributed by atoms with E-state index in [0.29, 0.717) is 6.04 Å². The number of β-amino-alcohol motifs (C(OH)–C–C–N with tert-alkyl or cyclic N) is 1. The van der Waals surface area contributed by atoms with E-state index >= 15 is 0 Å². The van der Waals surface area contributed by atoms with Gasteiger partial charge >= 0.3 is 0 Å². The second-order valence-electron chi connectivity index (χ2n) is 5.88. The third kappa shape index (κ3) is 3.16. The quantitative estimate of drug-likeness (QED) is 0.884. The summed E-state index contributed by atoms with van der Waals surface area (Å²) in [5.41, 5.74) is 0.955. The highest BCUT2D eigenvalue weighted by molar-refractivity contribution is 5.03. The normalized spacial score (nSPS) is 27.2. The van der Waals surface area contributed by atoms with Gasteiger partial charge < -0.3 is 9.63 Å². The maximum atomic E-state index is 9.61. The molecule has 0 radical (unpaired) electrons. The molecule has 2 aliphatic rings. The molecule has 0 aliphatic carbocycles. The highest BCUT2D eigenvalue weighted by Crippen LogP contribution is 2.22. The molecule has 1 aromatic heterocycles. The van der Waals surface area contributed by atoms with Crippen LogP contribution in [0.2, 0.25) is 0 Å². The van der Waals surface area contributed by atoms with Gasteiger partial charge in [-0.1, -0.05) is 5.16 Å². The van der Waals surface area contributed by atoms with Gasteiger partial charge in [-0.2, -0.15) is 0 Å². The maximum Gasteiger partial charge on any atom is 0.150 e. The van der Waals surface area contributed by atoms with Crippen molar-refractivity contribution in [3.05, 3.63) is 17.5 Å². The number of aliphatic hydroxyl groups is 1. The van der Waals surface area contributed by atoms with Gasteiger partial charge in [0.1, 0.15) is 0 Å². The van der Waals surface area contributed by atoms with Gasteiger partial charge in [-0.3, -0.25) is 9.80 Å². The van der Waals surface area contributed by atoms with E-state index in [-0.39, 0.29) is 6.10 Å². The fourth-order valence-electron chi connectivity index (χ4n) is 3.25. The van der Waals surface area contributed by atoms with E-state index in [2.05, 4.69) is 15.0 Å². The standard InChI is InChI=1S/C14H23N3O2/c1-11-8-14(19-15-11)10-16-5-2-12(3-6-16)17-7-4-13(18)9-17/h8,12-13,18H,2-7,9-10H2,1H3. The van der Waals surface area contributed by atoms with Crippen LogP contribution in [0.25, 0.3) is 0 Å². The van der Waals surface area contributed by atoms with Crippen molar-refractivity contribution in [3.63, 3.8) is 0 Å². The number of nitrogens with zero attached hydrogens (tertiary/aromatic N) is 3. The predicted molar refractivity (Wildman–Crippen MR) is 71.7 cm³/mol. The molecule has 0 aromatic carbocycles. The number of likely N-dealkylation sites (tertiary alicyclic amines) is 2. The lowest BCUT2D eigenvalue weighted by Crippen LogP contribution is -2.43.